The molecule has 18 heavy (non-hydrogen) atoms. The average molecular weight is 330 g/mol. The zero-order valence-corrected chi connectivity index (χ0v) is 13.5. The summed E-state index contributed by atoms with van der Waals surface area (Å²) in [4.78, 5) is 3.28. The van der Waals surface area contributed by atoms with Crippen LogP contribution in [0.4, 0.5) is 0 Å². The van der Waals surface area contributed by atoms with Crippen molar-refractivity contribution in [3.8, 4) is 0 Å². The predicted octanol–water partition coefficient (Wildman–Crippen LogP) is 4.69. The van der Waals surface area contributed by atoms with Gasteiger partial charge in [0.15, 0.2) is 0 Å². The summed E-state index contributed by atoms with van der Waals surface area (Å²) in [5.41, 5.74) is 6.86. The molecule has 2 rings (SSSR count). The van der Waals surface area contributed by atoms with Gasteiger partial charge in [-0.1, -0.05) is 29.9 Å². The maximum Gasteiger partial charge on any atom is 0.0150 e. The Balaban J connectivity index is 0.000000306. The quantitative estimate of drug-likeness (QED) is 0.598. The molecule has 0 spiro atoms. The molecule has 0 radical (unpaired) electrons. The van der Waals surface area contributed by atoms with Crippen LogP contribution in [0.2, 0.25) is 0 Å². The molecule has 1 heterocycles. The van der Waals surface area contributed by atoms with E-state index in [1.165, 1.54) is 28.1 Å². The second-order valence-corrected chi connectivity index (χ2v) is 4.57. The van der Waals surface area contributed by atoms with E-state index in [4.69, 9.17) is 0 Å². The zero-order valence-electron chi connectivity index (χ0n) is 11.8. The third-order valence-corrected chi connectivity index (χ3v) is 3.32. The topological polar surface area (TPSA) is 15.8 Å². The fourth-order valence-electron chi connectivity index (χ4n) is 1.86. The summed E-state index contributed by atoms with van der Waals surface area (Å²) >= 11 is 0. The summed E-state index contributed by atoms with van der Waals surface area (Å²) in [6.45, 7) is 12.2. The number of aromatic nitrogens is 1. The molecule has 0 saturated heterocycles. The molecule has 0 atom stereocenters. The molecule has 0 fully saturated rings. The first kappa shape index (κ1) is 17.1. The number of hydrogen-bond donors (Lipinski definition) is 1. The smallest absolute Gasteiger partial charge is 0.0150 e. The number of aryl methyl sites for hydroxylation is 2. The summed E-state index contributed by atoms with van der Waals surface area (Å²) in [7, 11) is 0. The first-order valence-corrected chi connectivity index (χ1v) is 6.14. The summed E-state index contributed by atoms with van der Waals surface area (Å²) in [5, 5.41) is 0. The van der Waals surface area contributed by atoms with E-state index >= 15 is 0 Å². The van der Waals surface area contributed by atoms with Crippen LogP contribution in [0.15, 0.2) is 36.5 Å². The number of allylic oxidation sites excluding steroid dienone is 5. The average Bonchev–Trinajstić information content (AvgIpc) is 2.87. The van der Waals surface area contributed by atoms with Gasteiger partial charge in [-0.05, 0) is 51.7 Å². The monoisotopic (exact) mass is 331 g/mol. The third kappa shape index (κ3) is 4.78. The first-order valence-electron chi connectivity index (χ1n) is 6.14. The standard InChI is InChI=1S/C8H13N.C8H10.Ru/c1-5-6(2)8(4)9-7(5)3;1-2-5-8-6-3-4-7-8;/h9H,1-4H3;2-4,6H,1,5,7H2;. The molecule has 2 heteroatoms. The molecule has 0 amide bonds. The van der Waals surface area contributed by atoms with Crippen LogP contribution in [0.25, 0.3) is 0 Å². The van der Waals surface area contributed by atoms with E-state index in [0.29, 0.717) is 0 Å². The van der Waals surface area contributed by atoms with Crippen molar-refractivity contribution in [2.75, 3.05) is 0 Å². The molecule has 0 unspecified atom stereocenters. The van der Waals surface area contributed by atoms with Crippen LogP contribution in [0, 0.1) is 27.7 Å². The Labute approximate surface area is 124 Å². The number of nitrogens with one attached hydrogen (secondary N) is 1. The summed E-state index contributed by atoms with van der Waals surface area (Å²) < 4.78 is 0. The van der Waals surface area contributed by atoms with Crippen LogP contribution < -0.4 is 0 Å². The van der Waals surface area contributed by atoms with Crippen molar-refractivity contribution in [1.29, 1.82) is 0 Å². The fraction of sp³-hybridized carbons (Fsp3) is 0.375. The van der Waals surface area contributed by atoms with Gasteiger partial charge in [0.05, 0.1) is 0 Å². The Hall–Kier alpha value is -0.877. The maximum absolute atomic E-state index is 3.66. The van der Waals surface area contributed by atoms with E-state index in [-0.39, 0.29) is 19.5 Å². The van der Waals surface area contributed by atoms with Gasteiger partial charge in [-0.2, -0.15) is 0 Å². The van der Waals surface area contributed by atoms with Gasteiger partial charge < -0.3 is 4.98 Å². The molecule has 0 aromatic carbocycles. The van der Waals surface area contributed by atoms with E-state index in [0.717, 1.165) is 12.8 Å². The summed E-state index contributed by atoms with van der Waals surface area (Å²) in [5.74, 6) is 0. The number of aromatic amines is 1. The van der Waals surface area contributed by atoms with Gasteiger partial charge >= 0.3 is 0 Å². The van der Waals surface area contributed by atoms with Gasteiger partial charge in [0.2, 0.25) is 0 Å². The van der Waals surface area contributed by atoms with Crippen molar-refractivity contribution < 1.29 is 19.5 Å². The molecule has 1 nitrogen and oxygen atoms in total. The Kier molecular flexibility index (Phi) is 7.86. The van der Waals surface area contributed by atoms with Gasteiger partial charge in [-0.15, -0.1) is 6.58 Å². The molecule has 100 valence electrons. The van der Waals surface area contributed by atoms with E-state index in [1.54, 1.807) is 0 Å². The summed E-state index contributed by atoms with van der Waals surface area (Å²) in [6.07, 6.45) is 10.5. The van der Waals surface area contributed by atoms with Gasteiger partial charge in [0.1, 0.15) is 0 Å². The largest absolute Gasteiger partial charge is 0.362 e. The van der Waals surface area contributed by atoms with Gasteiger partial charge in [-0.25, -0.2) is 0 Å². The minimum Gasteiger partial charge on any atom is -0.362 e. The van der Waals surface area contributed by atoms with Crippen LogP contribution >= 0.6 is 0 Å². The second kappa shape index (κ2) is 8.26. The SMILES string of the molecule is C=CCC1=CC=CC1.Cc1[nH]c(C)c(C)c1C.[Ru]. The van der Waals surface area contributed by atoms with Crippen molar-refractivity contribution in [1.82, 2.24) is 4.98 Å². The molecule has 1 N–H and O–H groups in total. The third-order valence-electron chi connectivity index (χ3n) is 3.32. The molecule has 0 bridgehead atoms. The normalized spacial score (nSPS) is 12.3. The fourth-order valence-corrected chi connectivity index (χ4v) is 1.86. The van der Waals surface area contributed by atoms with E-state index in [1.807, 2.05) is 6.08 Å². The Bertz CT molecular complexity index is 427. The number of rotatable bonds is 2. The van der Waals surface area contributed by atoms with Crippen LogP contribution in [-0.4, -0.2) is 4.98 Å². The molecule has 1 aromatic heterocycles. The molecule has 1 aromatic rings. The van der Waals surface area contributed by atoms with Crippen molar-refractivity contribution >= 4 is 0 Å². The van der Waals surface area contributed by atoms with Crippen molar-refractivity contribution in [3.05, 3.63) is 59.0 Å². The Morgan fingerprint density at radius 2 is 1.72 bits per heavy atom. The number of hydrogen-bond acceptors (Lipinski definition) is 0. The molecule has 1 aliphatic carbocycles. The van der Waals surface area contributed by atoms with Crippen LogP contribution in [-0.2, 0) is 19.5 Å². The van der Waals surface area contributed by atoms with E-state index < -0.39 is 0 Å². The van der Waals surface area contributed by atoms with Crippen LogP contribution in [0.5, 0.6) is 0 Å². The second-order valence-electron chi connectivity index (χ2n) is 4.57. The van der Waals surface area contributed by atoms with Crippen molar-refractivity contribution in [2.24, 2.45) is 0 Å². The Morgan fingerprint density at radius 1 is 1.17 bits per heavy atom. The van der Waals surface area contributed by atoms with Crippen LogP contribution in [0.3, 0.4) is 0 Å². The Morgan fingerprint density at radius 3 is 2.00 bits per heavy atom. The maximum atomic E-state index is 3.66. The van der Waals surface area contributed by atoms with E-state index in [9.17, 15) is 0 Å². The zero-order chi connectivity index (χ0) is 12.8. The minimum atomic E-state index is 0. The van der Waals surface area contributed by atoms with Gasteiger partial charge in [0.25, 0.3) is 0 Å². The van der Waals surface area contributed by atoms with Crippen molar-refractivity contribution in [3.63, 3.8) is 0 Å². The summed E-state index contributed by atoms with van der Waals surface area (Å²) in [6, 6.07) is 0. The van der Waals surface area contributed by atoms with Crippen LogP contribution in [0.1, 0.15) is 35.4 Å². The number of H-pyrrole nitrogens is 1. The predicted molar refractivity (Wildman–Crippen MR) is 76.4 cm³/mol. The molecule has 0 aliphatic heterocycles. The molecular weight excluding hydrogens is 307 g/mol. The first-order chi connectivity index (χ1) is 8.06. The molecule has 1 aliphatic rings. The molecule has 0 saturated carbocycles. The van der Waals surface area contributed by atoms with Crippen molar-refractivity contribution in [2.45, 2.75) is 40.5 Å². The van der Waals surface area contributed by atoms with E-state index in [2.05, 4.69) is 57.5 Å². The van der Waals surface area contributed by atoms with Gasteiger partial charge in [-0.3, -0.25) is 0 Å². The minimum absolute atomic E-state index is 0. The van der Waals surface area contributed by atoms with Gasteiger partial charge in [0, 0.05) is 30.9 Å². The molecular formula is C16H23NRu.